The minimum atomic E-state index is -1.10. The van der Waals surface area contributed by atoms with Crippen LogP contribution in [0.4, 0.5) is 11.4 Å². The van der Waals surface area contributed by atoms with Crippen LogP contribution < -0.4 is 10.6 Å². The molecule has 0 bridgehead atoms. The Morgan fingerprint density at radius 2 is 1.53 bits per heavy atom. The predicted molar refractivity (Wildman–Crippen MR) is 71.2 cm³/mol. The number of hydrogen-bond donors (Lipinski definition) is 3. The fourth-order valence-electron chi connectivity index (χ4n) is 1.37. The van der Waals surface area contributed by atoms with Crippen LogP contribution in [0.5, 0.6) is 0 Å². The SMILES string of the molecule is CCC(=O)Nc1ccc(C(=O)O)cc1NC(=O)CC. The number of carbonyl (C=O) groups is 3. The maximum absolute atomic E-state index is 11.4. The first-order valence-electron chi connectivity index (χ1n) is 5.95. The van der Waals surface area contributed by atoms with E-state index in [2.05, 4.69) is 10.6 Å². The standard InChI is InChI=1S/C13H16N2O4/c1-3-11(16)14-9-6-5-8(13(18)19)7-10(9)15-12(17)4-2/h5-7H,3-4H2,1-2H3,(H,14,16)(H,15,17)(H,18,19). The molecule has 0 heterocycles. The number of carboxylic acids is 1. The topological polar surface area (TPSA) is 95.5 Å². The van der Waals surface area contributed by atoms with Crippen molar-refractivity contribution < 1.29 is 19.5 Å². The molecule has 0 radical (unpaired) electrons. The molecule has 0 atom stereocenters. The molecule has 0 aliphatic heterocycles. The van der Waals surface area contributed by atoms with Crippen molar-refractivity contribution in [2.24, 2.45) is 0 Å². The zero-order valence-electron chi connectivity index (χ0n) is 10.8. The molecule has 3 N–H and O–H groups in total. The highest BCUT2D eigenvalue weighted by atomic mass is 16.4. The summed E-state index contributed by atoms with van der Waals surface area (Å²) < 4.78 is 0. The van der Waals surface area contributed by atoms with Gasteiger partial charge in [-0.3, -0.25) is 9.59 Å². The lowest BCUT2D eigenvalue weighted by atomic mass is 10.1. The van der Waals surface area contributed by atoms with Gasteiger partial charge in [-0.05, 0) is 18.2 Å². The number of anilines is 2. The third-order valence-corrected chi connectivity index (χ3v) is 2.46. The number of benzene rings is 1. The lowest BCUT2D eigenvalue weighted by Gasteiger charge is -2.12. The molecule has 0 fully saturated rings. The Kier molecular flexibility index (Phi) is 5.05. The summed E-state index contributed by atoms with van der Waals surface area (Å²) in [6.45, 7) is 3.38. The van der Waals surface area contributed by atoms with Crippen LogP contribution in [0.25, 0.3) is 0 Å². The van der Waals surface area contributed by atoms with E-state index in [1.807, 2.05) is 0 Å². The number of carboxylic acid groups (broad SMARTS) is 1. The number of nitrogens with one attached hydrogen (secondary N) is 2. The molecular weight excluding hydrogens is 248 g/mol. The first-order valence-corrected chi connectivity index (χ1v) is 5.95. The zero-order valence-corrected chi connectivity index (χ0v) is 10.8. The third kappa shape index (κ3) is 4.09. The predicted octanol–water partition coefficient (Wildman–Crippen LogP) is 2.08. The number of hydrogen-bond acceptors (Lipinski definition) is 3. The first-order chi connectivity index (χ1) is 8.97. The highest BCUT2D eigenvalue weighted by Crippen LogP contribution is 2.24. The molecule has 102 valence electrons. The molecule has 0 spiro atoms. The zero-order chi connectivity index (χ0) is 14.4. The molecule has 1 rings (SSSR count). The van der Waals surface area contributed by atoms with Crippen LogP contribution in [0.15, 0.2) is 18.2 Å². The third-order valence-electron chi connectivity index (χ3n) is 2.46. The average Bonchev–Trinajstić information content (AvgIpc) is 2.39. The van der Waals surface area contributed by atoms with E-state index in [1.165, 1.54) is 18.2 Å². The fourth-order valence-corrected chi connectivity index (χ4v) is 1.37. The summed E-state index contributed by atoms with van der Waals surface area (Å²) in [4.78, 5) is 33.7. The van der Waals surface area contributed by atoms with Crippen LogP contribution in [-0.4, -0.2) is 22.9 Å². The van der Waals surface area contributed by atoms with Crippen molar-refractivity contribution in [3.8, 4) is 0 Å². The van der Waals surface area contributed by atoms with Crippen LogP contribution in [0.1, 0.15) is 37.0 Å². The molecule has 19 heavy (non-hydrogen) atoms. The lowest BCUT2D eigenvalue weighted by molar-refractivity contribution is -0.116. The molecule has 6 heteroatoms. The van der Waals surface area contributed by atoms with E-state index in [-0.39, 0.29) is 29.5 Å². The van der Waals surface area contributed by atoms with E-state index in [0.717, 1.165) is 0 Å². The van der Waals surface area contributed by atoms with E-state index in [4.69, 9.17) is 5.11 Å². The van der Waals surface area contributed by atoms with E-state index >= 15 is 0 Å². The first kappa shape index (κ1) is 14.7. The van der Waals surface area contributed by atoms with Crippen LogP contribution >= 0.6 is 0 Å². The number of aromatic carboxylic acids is 1. The van der Waals surface area contributed by atoms with Crippen LogP contribution in [0, 0.1) is 0 Å². The van der Waals surface area contributed by atoms with Gasteiger partial charge >= 0.3 is 5.97 Å². The summed E-state index contributed by atoms with van der Waals surface area (Å²) in [5.41, 5.74) is 0.716. The molecule has 0 unspecified atom stereocenters. The molecule has 0 saturated carbocycles. The Labute approximate surface area is 110 Å². The van der Waals surface area contributed by atoms with Crippen molar-refractivity contribution in [3.05, 3.63) is 23.8 Å². The molecular formula is C13H16N2O4. The monoisotopic (exact) mass is 264 g/mol. The second-order valence-corrected chi connectivity index (χ2v) is 3.87. The Hall–Kier alpha value is -2.37. The molecule has 0 aliphatic rings. The summed E-state index contributed by atoms with van der Waals surface area (Å²) in [7, 11) is 0. The maximum atomic E-state index is 11.4. The highest BCUT2D eigenvalue weighted by molar-refractivity contribution is 6.01. The smallest absolute Gasteiger partial charge is 0.335 e. The van der Waals surface area contributed by atoms with E-state index in [9.17, 15) is 14.4 Å². The Bertz CT molecular complexity index is 511. The van der Waals surface area contributed by atoms with Gasteiger partial charge in [0.15, 0.2) is 0 Å². The highest BCUT2D eigenvalue weighted by Gasteiger charge is 2.11. The van der Waals surface area contributed by atoms with Gasteiger partial charge in [0.2, 0.25) is 11.8 Å². The number of amides is 2. The van der Waals surface area contributed by atoms with E-state index in [1.54, 1.807) is 13.8 Å². The van der Waals surface area contributed by atoms with Gasteiger partial charge in [0.1, 0.15) is 0 Å². The van der Waals surface area contributed by atoms with E-state index in [0.29, 0.717) is 12.1 Å². The summed E-state index contributed by atoms with van der Waals surface area (Å²) >= 11 is 0. The molecule has 0 aliphatic carbocycles. The summed E-state index contributed by atoms with van der Waals surface area (Å²) in [5.74, 6) is -1.56. The van der Waals surface area contributed by atoms with Crippen molar-refractivity contribution in [1.29, 1.82) is 0 Å². The van der Waals surface area contributed by atoms with Crippen molar-refractivity contribution in [2.45, 2.75) is 26.7 Å². The van der Waals surface area contributed by atoms with Crippen LogP contribution in [-0.2, 0) is 9.59 Å². The van der Waals surface area contributed by atoms with Gasteiger partial charge in [0, 0.05) is 12.8 Å². The molecule has 2 amide bonds. The Morgan fingerprint density at radius 3 is 2.00 bits per heavy atom. The summed E-state index contributed by atoms with van der Waals surface area (Å²) in [6.07, 6.45) is 0.556. The Morgan fingerprint density at radius 1 is 1.00 bits per heavy atom. The number of rotatable bonds is 5. The van der Waals surface area contributed by atoms with Gasteiger partial charge in [-0.1, -0.05) is 13.8 Å². The molecule has 1 aromatic rings. The van der Waals surface area contributed by atoms with Gasteiger partial charge < -0.3 is 15.7 Å². The van der Waals surface area contributed by atoms with Gasteiger partial charge in [-0.25, -0.2) is 4.79 Å². The minimum absolute atomic E-state index is 0.0425. The van der Waals surface area contributed by atoms with Gasteiger partial charge in [0.05, 0.1) is 16.9 Å². The van der Waals surface area contributed by atoms with Gasteiger partial charge in [-0.2, -0.15) is 0 Å². The minimum Gasteiger partial charge on any atom is -0.478 e. The molecule has 1 aromatic carbocycles. The summed E-state index contributed by atoms with van der Waals surface area (Å²) in [6, 6.07) is 4.15. The Balaban J connectivity index is 3.10. The number of carbonyl (C=O) groups excluding carboxylic acids is 2. The molecule has 0 saturated heterocycles. The van der Waals surface area contributed by atoms with Crippen molar-refractivity contribution >= 4 is 29.2 Å². The molecule has 0 aromatic heterocycles. The molecule has 6 nitrogen and oxygen atoms in total. The van der Waals surface area contributed by atoms with Crippen LogP contribution in [0.2, 0.25) is 0 Å². The fraction of sp³-hybridized carbons (Fsp3) is 0.308. The van der Waals surface area contributed by atoms with Crippen molar-refractivity contribution in [3.63, 3.8) is 0 Å². The van der Waals surface area contributed by atoms with Crippen molar-refractivity contribution in [1.82, 2.24) is 0 Å². The van der Waals surface area contributed by atoms with Crippen LogP contribution in [0.3, 0.4) is 0 Å². The quantitative estimate of drug-likeness (QED) is 0.758. The largest absolute Gasteiger partial charge is 0.478 e. The second-order valence-electron chi connectivity index (χ2n) is 3.87. The maximum Gasteiger partial charge on any atom is 0.335 e. The lowest BCUT2D eigenvalue weighted by Crippen LogP contribution is -2.15. The average molecular weight is 264 g/mol. The normalized spacial score (nSPS) is 9.79. The van der Waals surface area contributed by atoms with Crippen molar-refractivity contribution in [2.75, 3.05) is 10.6 Å². The van der Waals surface area contributed by atoms with Gasteiger partial charge in [0.25, 0.3) is 0 Å². The van der Waals surface area contributed by atoms with E-state index < -0.39 is 5.97 Å². The summed E-state index contributed by atoms with van der Waals surface area (Å²) in [5, 5.41) is 14.1. The van der Waals surface area contributed by atoms with Gasteiger partial charge in [-0.15, -0.1) is 0 Å². The second kappa shape index (κ2) is 6.53.